The summed E-state index contributed by atoms with van der Waals surface area (Å²) in [5.74, 6) is -0.0160. The quantitative estimate of drug-likeness (QED) is 0.281. The minimum atomic E-state index is -0.690. The summed E-state index contributed by atoms with van der Waals surface area (Å²) < 4.78 is 15.5. The molecule has 1 atom stereocenters. The molecule has 0 aliphatic rings. The Morgan fingerprint density at radius 2 is 2.00 bits per heavy atom. The highest BCUT2D eigenvalue weighted by molar-refractivity contribution is 7.99. The molecule has 1 unspecified atom stereocenters. The third-order valence-electron chi connectivity index (χ3n) is 5.11. The van der Waals surface area contributed by atoms with E-state index in [2.05, 4.69) is 15.3 Å². The van der Waals surface area contributed by atoms with E-state index < -0.39 is 17.4 Å². The molecule has 0 saturated carbocycles. The molecule has 0 radical (unpaired) electrons. The lowest BCUT2D eigenvalue weighted by molar-refractivity contribution is 0.322. The summed E-state index contributed by atoms with van der Waals surface area (Å²) in [6.45, 7) is 1.65. The normalized spacial score (nSPS) is 11.8. The van der Waals surface area contributed by atoms with Crippen LogP contribution in [0.15, 0.2) is 52.2 Å². The van der Waals surface area contributed by atoms with Crippen LogP contribution in [-0.2, 0) is 0 Å². The molecular weight excluding hydrogens is 471 g/mol. The molecule has 0 saturated heterocycles. The molecule has 2 heterocycles. The Balaban J connectivity index is 1.94. The number of halogens is 1. The number of nitrogens with one attached hydrogen (secondary N) is 1. The first kappa shape index (κ1) is 23.9. The molecule has 6 N–H and O–H groups in total. The number of aromatic nitrogens is 4. The number of fused-ring (bicyclic) bond motifs is 1. The molecule has 4 aromatic rings. The van der Waals surface area contributed by atoms with Crippen LogP contribution in [0.25, 0.3) is 16.6 Å². The van der Waals surface area contributed by atoms with Gasteiger partial charge in [0.1, 0.15) is 29.1 Å². The number of aliphatic hydroxyl groups excluding tert-OH is 1. The van der Waals surface area contributed by atoms with E-state index in [0.717, 1.165) is 0 Å². The Morgan fingerprint density at radius 3 is 2.71 bits per heavy atom. The SMILES string of the molecule is CC(Nc1nc(N)nc(N)c1C#N)c1nc2cccc(SCCO)c2c(=O)n1-c1cccc(F)c1. The van der Waals surface area contributed by atoms with E-state index >= 15 is 0 Å². The molecule has 2 aromatic carbocycles. The van der Waals surface area contributed by atoms with Gasteiger partial charge in [0.2, 0.25) is 5.95 Å². The Morgan fingerprint density at radius 1 is 1.23 bits per heavy atom. The van der Waals surface area contributed by atoms with Crippen LogP contribution in [0.5, 0.6) is 0 Å². The van der Waals surface area contributed by atoms with Gasteiger partial charge in [-0.15, -0.1) is 11.8 Å². The number of benzene rings is 2. The van der Waals surface area contributed by atoms with Gasteiger partial charge in [-0.1, -0.05) is 12.1 Å². The van der Waals surface area contributed by atoms with Gasteiger partial charge in [-0.3, -0.25) is 9.36 Å². The Bertz CT molecular complexity index is 1520. The van der Waals surface area contributed by atoms with Crippen molar-refractivity contribution in [2.75, 3.05) is 29.1 Å². The second kappa shape index (κ2) is 9.96. The molecule has 0 aliphatic carbocycles. The largest absolute Gasteiger partial charge is 0.396 e. The fraction of sp³-hybridized carbons (Fsp3) is 0.174. The van der Waals surface area contributed by atoms with Gasteiger partial charge >= 0.3 is 0 Å². The van der Waals surface area contributed by atoms with Crippen molar-refractivity contribution in [1.82, 2.24) is 19.5 Å². The van der Waals surface area contributed by atoms with Crippen LogP contribution < -0.4 is 22.3 Å². The first-order valence-electron chi connectivity index (χ1n) is 10.5. The van der Waals surface area contributed by atoms with Gasteiger partial charge in [-0.2, -0.15) is 15.2 Å². The number of hydrogen-bond acceptors (Lipinski definition) is 10. The lowest BCUT2D eigenvalue weighted by Crippen LogP contribution is -2.28. The van der Waals surface area contributed by atoms with E-state index in [0.29, 0.717) is 21.6 Å². The topological polar surface area (TPSA) is 169 Å². The lowest BCUT2D eigenvalue weighted by Gasteiger charge is -2.21. The number of rotatable bonds is 7. The molecule has 0 fully saturated rings. The third-order valence-corrected chi connectivity index (χ3v) is 6.15. The number of hydrogen-bond donors (Lipinski definition) is 4. The molecule has 0 spiro atoms. The van der Waals surface area contributed by atoms with Crippen molar-refractivity contribution in [3.05, 3.63) is 70.0 Å². The Labute approximate surface area is 203 Å². The van der Waals surface area contributed by atoms with Crippen molar-refractivity contribution in [2.24, 2.45) is 0 Å². The molecule has 4 rings (SSSR count). The van der Waals surface area contributed by atoms with E-state index in [1.807, 2.05) is 6.07 Å². The zero-order valence-electron chi connectivity index (χ0n) is 18.6. The van der Waals surface area contributed by atoms with Crippen molar-refractivity contribution in [2.45, 2.75) is 17.9 Å². The smallest absolute Gasteiger partial charge is 0.267 e. The second-order valence-electron chi connectivity index (χ2n) is 7.48. The molecule has 0 bridgehead atoms. The van der Waals surface area contributed by atoms with Crippen LogP contribution in [0.2, 0.25) is 0 Å². The molecule has 178 valence electrons. The number of aliphatic hydroxyl groups is 1. The first-order chi connectivity index (χ1) is 16.8. The number of nitrogens with two attached hydrogens (primary N) is 2. The van der Waals surface area contributed by atoms with E-state index in [4.69, 9.17) is 16.5 Å². The fourth-order valence-corrected chi connectivity index (χ4v) is 4.45. The van der Waals surface area contributed by atoms with E-state index in [9.17, 15) is 19.6 Å². The highest BCUT2D eigenvalue weighted by atomic mass is 32.2. The maximum absolute atomic E-state index is 14.1. The van der Waals surface area contributed by atoms with Crippen molar-refractivity contribution < 1.29 is 9.50 Å². The van der Waals surface area contributed by atoms with Crippen molar-refractivity contribution >= 4 is 40.2 Å². The number of thioether (sulfide) groups is 1. The zero-order chi connectivity index (χ0) is 25.1. The van der Waals surface area contributed by atoms with Crippen molar-refractivity contribution in [3.63, 3.8) is 0 Å². The molecule has 0 amide bonds. The average Bonchev–Trinajstić information content (AvgIpc) is 2.82. The second-order valence-corrected chi connectivity index (χ2v) is 8.62. The predicted molar refractivity (Wildman–Crippen MR) is 133 cm³/mol. The van der Waals surface area contributed by atoms with Gasteiger partial charge in [0.25, 0.3) is 5.56 Å². The summed E-state index contributed by atoms with van der Waals surface area (Å²) in [6.07, 6.45) is 0. The highest BCUT2D eigenvalue weighted by Crippen LogP contribution is 2.28. The predicted octanol–water partition coefficient (Wildman–Crippen LogP) is 2.61. The number of nitrogens with zero attached hydrogens (tertiary/aromatic N) is 5. The van der Waals surface area contributed by atoms with Crippen molar-refractivity contribution in [3.8, 4) is 11.8 Å². The minimum absolute atomic E-state index is 0.00539. The standard InChI is InChI=1S/C23H21FN8O2S/c1-12(28-20-15(11-25)19(26)30-23(27)31-20)21-29-16-6-3-7-17(35-9-8-33)18(16)22(34)32(21)14-5-2-4-13(24)10-14/h2-7,10,12,33H,8-9H2,1H3,(H5,26,27,28,30,31). The monoisotopic (exact) mass is 492 g/mol. The van der Waals surface area contributed by atoms with Gasteiger partial charge in [0.15, 0.2) is 5.82 Å². The summed E-state index contributed by atoms with van der Waals surface area (Å²) in [5.41, 5.74) is 11.8. The van der Waals surface area contributed by atoms with Crippen molar-refractivity contribution in [1.29, 1.82) is 5.26 Å². The van der Waals surface area contributed by atoms with E-state index in [1.165, 1.54) is 34.5 Å². The Kier molecular flexibility index (Phi) is 6.81. The van der Waals surface area contributed by atoms with Crippen LogP contribution >= 0.6 is 11.8 Å². The van der Waals surface area contributed by atoms with E-state index in [1.54, 1.807) is 31.2 Å². The summed E-state index contributed by atoms with van der Waals surface area (Å²) >= 11 is 1.32. The molecular formula is C23H21FN8O2S. The van der Waals surface area contributed by atoms with E-state index in [-0.39, 0.29) is 41.3 Å². The molecule has 35 heavy (non-hydrogen) atoms. The maximum atomic E-state index is 14.1. The summed E-state index contributed by atoms with van der Waals surface area (Å²) in [7, 11) is 0. The Hall–Kier alpha value is -4.21. The molecule has 10 nitrogen and oxygen atoms in total. The van der Waals surface area contributed by atoms with Crippen LogP contribution in [0, 0.1) is 17.1 Å². The fourth-order valence-electron chi connectivity index (χ4n) is 3.63. The van der Waals surface area contributed by atoms with Crippen LogP contribution in [0.4, 0.5) is 22.0 Å². The number of nitrogen functional groups attached to an aromatic ring is 2. The molecule has 12 heteroatoms. The maximum Gasteiger partial charge on any atom is 0.267 e. The first-order valence-corrected chi connectivity index (χ1v) is 11.5. The van der Waals surface area contributed by atoms with Gasteiger partial charge in [0, 0.05) is 10.6 Å². The number of anilines is 3. The summed E-state index contributed by atoms with van der Waals surface area (Å²) in [6, 6.07) is 12.1. The number of nitriles is 1. The van der Waals surface area contributed by atoms with Gasteiger partial charge in [-0.05, 0) is 37.3 Å². The summed E-state index contributed by atoms with van der Waals surface area (Å²) in [5, 5.41) is 22.1. The summed E-state index contributed by atoms with van der Waals surface area (Å²) in [4.78, 5) is 27.0. The minimum Gasteiger partial charge on any atom is -0.396 e. The molecule has 2 aromatic heterocycles. The average molecular weight is 493 g/mol. The van der Waals surface area contributed by atoms with Gasteiger partial charge in [-0.25, -0.2) is 9.37 Å². The van der Waals surface area contributed by atoms with Gasteiger partial charge in [0.05, 0.1) is 29.2 Å². The van der Waals surface area contributed by atoms with Gasteiger partial charge < -0.3 is 21.9 Å². The van der Waals surface area contributed by atoms with Crippen LogP contribution in [0.3, 0.4) is 0 Å². The highest BCUT2D eigenvalue weighted by Gasteiger charge is 2.22. The van der Waals surface area contributed by atoms with Crippen LogP contribution in [-0.4, -0.2) is 37.0 Å². The molecule has 0 aliphatic heterocycles. The lowest BCUT2D eigenvalue weighted by atomic mass is 10.2. The van der Waals surface area contributed by atoms with Crippen LogP contribution in [0.1, 0.15) is 24.4 Å². The zero-order valence-corrected chi connectivity index (χ0v) is 19.4. The third kappa shape index (κ3) is 4.72.